The molecule has 1 heterocycles. The number of hydrogen-bond donors (Lipinski definition) is 0. The van der Waals surface area contributed by atoms with Crippen molar-refractivity contribution < 1.29 is 9.53 Å². The zero-order valence-electron chi connectivity index (χ0n) is 19.8. The van der Waals surface area contributed by atoms with Crippen LogP contribution in [-0.4, -0.2) is 55.5 Å². The summed E-state index contributed by atoms with van der Waals surface area (Å²) in [4.78, 5) is 18.0. The fraction of sp³-hybridized carbons (Fsp3) is 0.519. The van der Waals surface area contributed by atoms with Crippen molar-refractivity contribution in [3.8, 4) is 5.75 Å². The predicted molar refractivity (Wildman–Crippen MR) is 128 cm³/mol. The van der Waals surface area contributed by atoms with Crippen molar-refractivity contribution in [1.82, 2.24) is 9.80 Å². The van der Waals surface area contributed by atoms with Crippen LogP contribution >= 0.6 is 0 Å². The van der Waals surface area contributed by atoms with E-state index in [2.05, 4.69) is 55.7 Å². The first-order valence-corrected chi connectivity index (χ1v) is 11.6. The highest BCUT2D eigenvalue weighted by Gasteiger charge is 2.36. The van der Waals surface area contributed by atoms with E-state index in [0.717, 1.165) is 44.0 Å². The minimum Gasteiger partial charge on any atom is -0.497 e. The van der Waals surface area contributed by atoms with Gasteiger partial charge in [-0.1, -0.05) is 58.0 Å². The lowest BCUT2D eigenvalue weighted by molar-refractivity contribution is 0.0703. The summed E-state index contributed by atoms with van der Waals surface area (Å²) in [5, 5.41) is 0. The Morgan fingerprint density at radius 2 is 1.77 bits per heavy atom. The molecule has 168 valence electrons. The second-order valence-electron chi connectivity index (χ2n) is 9.73. The molecule has 1 saturated heterocycles. The van der Waals surface area contributed by atoms with Gasteiger partial charge in [-0.15, -0.1) is 0 Å². The maximum absolute atomic E-state index is 13.4. The molecule has 0 spiro atoms. The average Bonchev–Trinajstić information content (AvgIpc) is 3.14. The molecule has 2 unspecified atom stereocenters. The molecule has 1 amide bonds. The van der Waals surface area contributed by atoms with Crippen molar-refractivity contribution in [3.05, 3.63) is 65.7 Å². The summed E-state index contributed by atoms with van der Waals surface area (Å²) in [6.45, 7) is 13.6. The maximum atomic E-state index is 13.4. The second-order valence-corrected chi connectivity index (χ2v) is 9.73. The Morgan fingerprint density at radius 3 is 2.42 bits per heavy atom. The van der Waals surface area contributed by atoms with Crippen LogP contribution in [0.25, 0.3) is 0 Å². The molecule has 2 aromatic carbocycles. The number of carbonyl (C=O) groups is 1. The van der Waals surface area contributed by atoms with Gasteiger partial charge in [-0.2, -0.15) is 0 Å². The lowest BCUT2D eigenvalue weighted by atomic mass is 9.88. The molecule has 0 radical (unpaired) electrons. The van der Waals surface area contributed by atoms with Crippen molar-refractivity contribution in [2.45, 2.75) is 33.6 Å². The van der Waals surface area contributed by atoms with Crippen molar-refractivity contribution in [2.75, 3.05) is 39.8 Å². The summed E-state index contributed by atoms with van der Waals surface area (Å²) in [5.74, 6) is 2.89. The first-order chi connectivity index (χ1) is 14.9. The molecule has 3 rings (SSSR count). The topological polar surface area (TPSA) is 32.8 Å². The molecule has 0 saturated carbocycles. The van der Waals surface area contributed by atoms with Crippen LogP contribution in [0.5, 0.6) is 5.75 Å². The Hall–Kier alpha value is -2.33. The van der Waals surface area contributed by atoms with E-state index in [0.29, 0.717) is 23.7 Å². The fourth-order valence-electron chi connectivity index (χ4n) is 4.79. The summed E-state index contributed by atoms with van der Waals surface area (Å²) < 4.78 is 5.49. The van der Waals surface area contributed by atoms with Gasteiger partial charge in [-0.05, 0) is 47.6 Å². The predicted octanol–water partition coefficient (Wildman–Crippen LogP) is 5.17. The Labute approximate surface area is 188 Å². The zero-order chi connectivity index (χ0) is 22.4. The van der Waals surface area contributed by atoms with Gasteiger partial charge in [-0.3, -0.25) is 4.79 Å². The number of hydrogen-bond acceptors (Lipinski definition) is 3. The molecule has 0 bridgehead atoms. The highest BCUT2D eigenvalue weighted by atomic mass is 16.5. The highest BCUT2D eigenvalue weighted by Crippen LogP contribution is 2.35. The third-order valence-corrected chi connectivity index (χ3v) is 6.01. The Kier molecular flexibility index (Phi) is 8.14. The number of ether oxygens (including phenoxy) is 1. The van der Waals surface area contributed by atoms with E-state index in [4.69, 9.17) is 4.74 Å². The average molecular weight is 423 g/mol. The minimum atomic E-state index is 0.140. The smallest absolute Gasteiger partial charge is 0.253 e. The van der Waals surface area contributed by atoms with E-state index in [1.165, 1.54) is 5.56 Å². The van der Waals surface area contributed by atoms with E-state index in [1.807, 2.05) is 36.4 Å². The first kappa shape index (κ1) is 23.3. The fourth-order valence-corrected chi connectivity index (χ4v) is 4.79. The van der Waals surface area contributed by atoms with Crippen molar-refractivity contribution in [3.63, 3.8) is 0 Å². The number of benzene rings is 2. The second kappa shape index (κ2) is 10.8. The number of amides is 1. The van der Waals surface area contributed by atoms with E-state index in [-0.39, 0.29) is 5.91 Å². The normalized spacial score (nSPS) is 19.2. The van der Waals surface area contributed by atoms with Gasteiger partial charge < -0.3 is 14.5 Å². The Balaban J connectivity index is 1.85. The number of methoxy groups -OCH3 is 1. The Morgan fingerprint density at radius 1 is 1.03 bits per heavy atom. The van der Waals surface area contributed by atoms with E-state index in [9.17, 15) is 4.79 Å². The van der Waals surface area contributed by atoms with Gasteiger partial charge in [0.15, 0.2) is 0 Å². The summed E-state index contributed by atoms with van der Waals surface area (Å²) in [7, 11) is 1.72. The zero-order valence-corrected chi connectivity index (χ0v) is 19.8. The summed E-state index contributed by atoms with van der Waals surface area (Å²) in [5.41, 5.74) is 2.09. The van der Waals surface area contributed by atoms with Crippen LogP contribution in [0.4, 0.5) is 0 Å². The van der Waals surface area contributed by atoms with Crippen LogP contribution in [-0.2, 0) is 0 Å². The number of likely N-dealkylation sites (tertiary alicyclic amines) is 1. The van der Waals surface area contributed by atoms with Gasteiger partial charge in [-0.25, -0.2) is 0 Å². The van der Waals surface area contributed by atoms with Crippen molar-refractivity contribution in [1.29, 1.82) is 0 Å². The monoisotopic (exact) mass is 422 g/mol. The summed E-state index contributed by atoms with van der Waals surface area (Å²) in [6.07, 6.45) is 0. The molecule has 0 N–H and O–H groups in total. The molecular formula is C27H38N2O2. The molecule has 1 aliphatic heterocycles. The molecule has 1 aliphatic rings. The van der Waals surface area contributed by atoms with Gasteiger partial charge >= 0.3 is 0 Å². The standard InChI is InChI=1S/C27H38N2O2/c1-20(2)15-28-17-24(26(19-28)23-12-9-13-25(14-23)31-5)18-29(16-21(3)4)27(30)22-10-7-6-8-11-22/h6-14,20-21,24,26H,15-19H2,1-5H3. The van der Waals surface area contributed by atoms with Gasteiger partial charge in [0.1, 0.15) is 5.75 Å². The third kappa shape index (κ3) is 6.33. The molecular weight excluding hydrogens is 384 g/mol. The molecule has 4 heteroatoms. The molecule has 0 aromatic heterocycles. The summed E-state index contributed by atoms with van der Waals surface area (Å²) in [6, 6.07) is 18.2. The minimum absolute atomic E-state index is 0.140. The number of rotatable bonds is 9. The third-order valence-electron chi connectivity index (χ3n) is 6.01. The van der Waals surface area contributed by atoms with Crippen LogP contribution in [0.1, 0.15) is 49.5 Å². The van der Waals surface area contributed by atoms with E-state index >= 15 is 0 Å². The lowest BCUT2D eigenvalue weighted by Gasteiger charge is -2.30. The van der Waals surface area contributed by atoms with Crippen LogP contribution < -0.4 is 4.74 Å². The van der Waals surface area contributed by atoms with Crippen LogP contribution in [0.3, 0.4) is 0 Å². The molecule has 4 nitrogen and oxygen atoms in total. The van der Waals surface area contributed by atoms with Crippen LogP contribution in [0.15, 0.2) is 54.6 Å². The Bertz CT molecular complexity index is 834. The number of carbonyl (C=O) groups excluding carboxylic acids is 1. The SMILES string of the molecule is COc1cccc(C2CN(CC(C)C)CC2CN(CC(C)C)C(=O)c2ccccc2)c1. The molecule has 2 atom stereocenters. The quantitative estimate of drug-likeness (QED) is 0.559. The van der Waals surface area contributed by atoms with Gasteiger partial charge in [0.05, 0.1) is 7.11 Å². The van der Waals surface area contributed by atoms with Crippen molar-refractivity contribution >= 4 is 5.91 Å². The molecule has 0 aliphatic carbocycles. The van der Waals surface area contributed by atoms with Gasteiger partial charge in [0.2, 0.25) is 0 Å². The van der Waals surface area contributed by atoms with E-state index < -0.39 is 0 Å². The molecule has 1 fully saturated rings. The molecule has 2 aromatic rings. The van der Waals surface area contributed by atoms with E-state index in [1.54, 1.807) is 7.11 Å². The highest BCUT2D eigenvalue weighted by molar-refractivity contribution is 5.94. The summed E-state index contributed by atoms with van der Waals surface area (Å²) >= 11 is 0. The van der Waals surface area contributed by atoms with Crippen molar-refractivity contribution in [2.24, 2.45) is 17.8 Å². The maximum Gasteiger partial charge on any atom is 0.253 e. The van der Waals surface area contributed by atoms with Crippen LogP contribution in [0.2, 0.25) is 0 Å². The van der Waals surface area contributed by atoms with Gasteiger partial charge in [0.25, 0.3) is 5.91 Å². The van der Waals surface area contributed by atoms with Crippen LogP contribution in [0, 0.1) is 17.8 Å². The van der Waals surface area contributed by atoms with Gasteiger partial charge in [0, 0.05) is 44.2 Å². The first-order valence-electron chi connectivity index (χ1n) is 11.6. The molecule has 31 heavy (non-hydrogen) atoms. The lowest BCUT2D eigenvalue weighted by Crippen LogP contribution is -2.39. The number of nitrogens with zero attached hydrogens (tertiary/aromatic N) is 2. The largest absolute Gasteiger partial charge is 0.497 e.